The van der Waals surface area contributed by atoms with Gasteiger partial charge < -0.3 is 8.83 Å². The highest BCUT2D eigenvalue weighted by Gasteiger charge is 2.14. The van der Waals surface area contributed by atoms with Crippen molar-refractivity contribution in [1.82, 2.24) is 10.2 Å². The number of benzene rings is 1. The van der Waals surface area contributed by atoms with Gasteiger partial charge >= 0.3 is 0 Å². The second-order valence-corrected chi connectivity index (χ2v) is 6.63. The summed E-state index contributed by atoms with van der Waals surface area (Å²) in [6.45, 7) is 2.07. The molecule has 0 fully saturated rings. The molecule has 0 aliphatic heterocycles. The maximum absolute atomic E-state index is 5.94. The largest absolute Gasteiger partial charge is 0.451 e. The predicted octanol–water partition coefficient (Wildman–Crippen LogP) is 4.90. The van der Waals surface area contributed by atoms with Crippen LogP contribution in [0.2, 0.25) is 5.02 Å². The van der Waals surface area contributed by atoms with Gasteiger partial charge in [-0.05, 0) is 24.3 Å². The molecule has 7 heteroatoms. The standard InChI is InChI=1S/C12H9ClN2O2S2/c1-2-18-19-12-15-14-11(17-12)10-6-7-5-8(13)3-4-9(7)16-10/h3-6H,2H2,1H3. The van der Waals surface area contributed by atoms with E-state index in [0.717, 1.165) is 16.7 Å². The molecule has 98 valence electrons. The van der Waals surface area contributed by atoms with Gasteiger partial charge in [-0.1, -0.05) is 34.4 Å². The number of hydrogen-bond donors (Lipinski definition) is 0. The lowest BCUT2D eigenvalue weighted by Gasteiger charge is -1.89. The third-order valence-electron chi connectivity index (χ3n) is 2.34. The number of furan rings is 1. The van der Waals surface area contributed by atoms with Crippen LogP contribution in [0, 0.1) is 0 Å². The van der Waals surface area contributed by atoms with Crippen molar-refractivity contribution in [2.24, 2.45) is 0 Å². The second-order valence-electron chi connectivity index (χ2n) is 3.66. The van der Waals surface area contributed by atoms with E-state index in [1.807, 2.05) is 18.2 Å². The molecule has 0 aliphatic rings. The smallest absolute Gasteiger partial charge is 0.287 e. The number of rotatable bonds is 4. The van der Waals surface area contributed by atoms with E-state index in [1.165, 1.54) is 10.8 Å². The SMILES string of the molecule is CCSSc1nnc(-c2cc3cc(Cl)ccc3o2)o1. The molecule has 0 aliphatic carbocycles. The molecule has 4 nitrogen and oxygen atoms in total. The van der Waals surface area contributed by atoms with Gasteiger partial charge in [-0.15, -0.1) is 5.10 Å². The fourth-order valence-corrected chi connectivity index (χ4v) is 3.02. The van der Waals surface area contributed by atoms with Crippen molar-refractivity contribution in [2.45, 2.75) is 12.1 Å². The summed E-state index contributed by atoms with van der Waals surface area (Å²) < 4.78 is 11.2. The minimum absolute atomic E-state index is 0.381. The van der Waals surface area contributed by atoms with Crippen LogP contribution in [0.3, 0.4) is 0 Å². The molecule has 0 amide bonds. The summed E-state index contributed by atoms with van der Waals surface area (Å²) in [4.78, 5) is 0. The predicted molar refractivity (Wildman–Crippen MR) is 78.5 cm³/mol. The first-order valence-corrected chi connectivity index (χ1v) is 8.28. The van der Waals surface area contributed by atoms with Crippen LogP contribution in [0.25, 0.3) is 22.6 Å². The number of fused-ring (bicyclic) bond motifs is 1. The lowest BCUT2D eigenvalue weighted by molar-refractivity contribution is 0.453. The van der Waals surface area contributed by atoms with E-state index >= 15 is 0 Å². The Morgan fingerprint density at radius 2 is 2.11 bits per heavy atom. The molecule has 0 saturated heterocycles. The Morgan fingerprint density at radius 1 is 1.21 bits per heavy atom. The van der Waals surface area contributed by atoms with Crippen LogP contribution in [0.15, 0.2) is 38.3 Å². The van der Waals surface area contributed by atoms with Gasteiger partial charge in [0.25, 0.3) is 11.1 Å². The third-order valence-corrected chi connectivity index (χ3v) is 4.73. The fourth-order valence-electron chi connectivity index (χ4n) is 1.57. The van der Waals surface area contributed by atoms with E-state index < -0.39 is 0 Å². The van der Waals surface area contributed by atoms with E-state index in [9.17, 15) is 0 Å². The molecule has 3 aromatic rings. The first-order valence-electron chi connectivity index (χ1n) is 5.58. The summed E-state index contributed by atoms with van der Waals surface area (Å²) in [5, 5.41) is 10.0. The van der Waals surface area contributed by atoms with Crippen molar-refractivity contribution in [3.63, 3.8) is 0 Å². The van der Waals surface area contributed by atoms with E-state index in [0.29, 0.717) is 21.9 Å². The fraction of sp³-hybridized carbons (Fsp3) is 0.167. The zero-order chi connectivity index (χ0) is 13.2. The van der Waals surface area contributed by atoms with Crippen LogP contribution in [-0.2, 0) is 0 Å². The molecule has 0 saturated carbocycles. The van der Waals surface area contributed by atoms with Crippen LogP contribution in [0.4, 0.5) is 0 Å². The van der Waals surface area contributed by atoms with Gasteiger partial charge in [0.2, 0.25) is 0 Å². The van der Waals surface area contributed by atoms with Gasteiger partial charge in [0.05, 0.1) is 0 Å². The van der Waals surface area contributed by atoms with Gasteiger partial charge in [0.1, 0.15) is 5.58 Å². The summed E-state index contributed by atoms with van der Waals surface area (Å²) in [5.74, 6) is 1.91. The molecule has 3 rings (SSSR count). The summed E-state index contributed by atoms with van der Waals surface area (Å²) >= 11 is 5.94. The van der Waals surface area contributed by atoms with Crippen LogP contribution >= 0.6 is 33.2 Å². The Labute approximate surface area is 122 Å². The van der Waals surface area contributed by atoms with Gasteiger partial charge in [0.15, 0.2) is 5.76 Å². The quantitative estimate of drug-likeness (QED) is 0.639. The molecule has 0 bridgehead atoms. The Hall–Kier alpha value is -1.11. The Morgan fingerprint density at radius 3 is 2.95 bits per heavy atom. The average Bonchev–Trinajstić information content (AvgIpc) is 3.01. The van der Waals surface area contributed by atoms with E-state index in [1.54, 1.807) is 16.9 Å². The second kappa shape index (κ2) is 5.48. The first-order chi connectivity index (χ1) is 9.26. The van der Waals surface area contributed by atoms with Crippen molar-refractivity contribution in [3.8, 4) is 11.7 Å². The normalized spacial score (nSPS) is 11.3. The Bertz CT molecular complexity index is 711. The van der Waals surface area contributed by atoms with Crippen LogP contribution < -0.4 is 0 Å². The summed E-state index contributed by atoms with van der Waals surface area (Å²) in [5.41, 5.74) is 0.745. The van der Waals surface area contributed by atoms with E-state index in [-0.39, 0.29) is 0 Å². The molecule has 1 aromatic carbocycles. The Kier molecular flexibility index (Phi) is 3.72. The monoisotopic (exact) mass is 312 g/mol. The highest BCUT2D eigenvalue weighted by molar-refractivity contribution is 8.76. The third kappa shape index (κ3) is 2.75. The molecular formula is C12H9ClN2O2S2. The average molecular weight is 313 g/mol. The molecule has 0 N–H and O–H groups in total. The molecular weight excluding hydrogens is 304 g/mol. The lowest BCUT2D eigenvalue weighted by atomic mass is 10.2. The number of hydrogen-bond acceptors (Lipinski definition) is 6. The highest BCUT2D eigenvalue weighted by atomic mass is 35.5. The van der Waals surface area contributed by atoms with E-state index in [4.69, 9.17) is 20.4 Å². The molecule has 0 unspecified atom stereocenters. The van der Waals surface area contributed by atoms with Crippen molar-refractivity contribution in [2.75, 3.05) is 5.75 Å². The summed E-state index contributed by atoms with van der Waals surface area (Å²) in [7, 11) is 3.11. The van der Waals surface area contributed by atoms with Gasteiger partial charge in [-0.25, -0.2) is 0 Å². The summed E-state index contributed by atoms with van der Waals surface area (Å²) in [6.07, 6.45) is 0. The van der Waals surface area contributed by atoms with Crippen LogP contribution in [0.5, 0.6) is 0 Å². The molecule has 0 radical (unpaired) electrons. The molecule has 19 heavy (non-hydrogen) atoms. The highest BCUT2D eigenvalue weighted by Crippen LogP contribution is 2.33. The lowest BCUT2D eigenvalue weighted by Crippen LogP contribution is -1.71. The zero-order valence-electron chi connectivity index (χ0n) is 9.92. The minimum atomic E-state index is 0.381. The topological polar surface area (TPSA) is 52.1 Å². The maximum Gasteiger partial charge on any atom is 0.287 e. The number of nitrogens with zero attached hydrogens (tertiary/aromatic N) is 2. The van der Waals surface area contributed by atoms with Crippen molar-refractivity contribution in [1.29, 1.82) is 0 Å². The van der Waals surface area contributed by atoms with Crippen molar-refractivity contribution >= 4 is 44.2 Å². The summed E-state index contributed by atoms with van der Waals surface area (Å²) in [6, 6.07) is 7.28. The van der Waals surface area contributed by atoms with Gasteiger partial charge in [0, 0.05) is 27.0 Å². The molecule has 2 aromatic heterocycles. The van der Waals surface area contributed by atoms with Gasteiger partial charge in [-0.3, -0.25) is 0 Å². The van der Waals surface area contributed by atoms with Gasteiger partial charge in [-0.2, -0.15) is 0 Å². The Balaban J connectivity index is 1.92. The molecule has 2 heterocycles. The molecule has 0 spiro atoms. The maximum atomic E-state index is 5.94. The number of halogens is 1. The zero-order valence-corrected chi connectivity index (χ0v) is 12.3. The minimum Gasteiger partial charge on any atom is -0.451 e. The van der Waals surface area contributed by atoms with E-state index in [2.05, 4.69) is 17.1 Å². The van der Waals surface area contributed by atoms with Crippen molar-refractivity contribution in [3.05, 3.63) is 29.3 Å². The van der Waals surface area contributed by atoms with Crippen molar-refractivity contribution < 1.29 is 8.83 Å². The number of aromatic nitrogens is 2. The van der Waals surface area contributed by atoms with Crippen LogP contribution in [-0.4, -0.2) is 16.0 Å². The first kappa shape index (κ1) is 12.9. The molecule has 0 atom stereocenters. The van der Waals surface area contributed by atoms with Crippen LogP contribution in [0.1, 0.15) is 6.92 Å².